The molecule has 0 N–H and O–H groups in total. The van der Waals surface area contributed by atoms with Crippen LogP contribution in [0.25, 0.3) is 0 Å². The van der Waals surface area contributed by atoms with Gasteiger partial charge in [0.15, 0.2) is 13.1 Å². The number of allylic oxidation sites excluding steroid dienone is 1. The van der Waals surface area contributed by atoms with Crippen molar-refractivity contribution < 1.29 is 18.9 Å². The SMILES string of the molecule is CCCCCCCOC(CCC=COCOCc1ccccc1)OCCCCCCC. The van der Waals surface area contributed by atoms with Gasteiger partial charge in [0.2, 0.25) is 0 Å². The van der Waals surface area contributed by atoms with Crippen LogP contribution in [-0.4, -0.2) is 26.3 Å². The molecule has 4 heteroatoms. The highest BCUT2D eigenvalue weighted by Crippen LogP contribution is 2.11. The Morgan fingerprint density at radius 1 is 0.774 bits per heavy atom. The maximum absolute atomic E-state index is 6.02. The van der Waals surface area contributed by atoms with Gasteiger partial charge < -0.3 is 18.9 Å². The summed E-state index contributed by atoms with van der Waals surface area (Å²) >= 11 is 0. The van der Waals surface area contributed by atoms with Crippen molar-refractivity contribution >= 4 is 0 Å². The fourth-order valence-corrected chi connectivity index (χ4v) is 3.25. The molecule has 0 aliphatic rings. The molecule has 0 atom stereocenters. The Morgan fingerprint density at radius 2 is 1.39 bits per heavy atom. The highest BCUT2D eigenvalue weighted by molar-refractivity contribution is 5.13. The maximum atomic E-state index is 6.02. The number of ether oxygens (including phenoxy) is 4. The quantitative estimate of drug-likeness (QED) is 0.106. The molecule has 1 aromatic carbocycles. The largest absolute Gasteiger partial charge is 0.475 e. The van der Waals surface area contributed by atoms with Crippen molar-refractivity contribution in [1.82, 2.24) is 0 Å². The lowest BCUT2D eigenvalue weighted by atomic mass is 10.2. The third-order valence-electron chi connectivity index (χ3n) is 5.13. The molecule has 0 amide bonds. The van der Waals surface area contributed by atoms with Gasteiger partial charge in [0.25, 0.3) is 0 Å². The highest BCUT2D eigenvalue weighted by atomic mass is 16.7. The van der Waals surface area contributed by atoms with Crippen LogP contribution in [0.3, 0.4) is 0 Å². The fraction of sp³-hybridized carbons (Fsp3) is 0.704. The van der Waals surface area contributed by atoms with E-state index in [-0.39, 0.29) is 13.1 Å². The minimum atomic E-state index is -0.115. The van der Waals surface area contributed by atoms with Gasteiger partial charge in [-0.1, -0.05) is 95.5 Å². The van der Waals surface area contributed by atoms with Crippen LogP contribution in [-0.2, 0) is 25.6 Å². The van der Waals surface area contributed by atoms with E-state index < -0.39 is 0 Å². The summed E-state index contributed by atoms with van der Waals surface area (Å²) in [6, 6.07) is 10.1. The Labute approximate surface area is 191 Å². The molecule has 0 radical (unpaired) electrons. The van der Waals surface area contributed by atoms with E-state index in [1.165, 1.54) is 51.4 Å². The first-order valence-corrected chi connectivity index (χ1v) is 12.5. The Hall–Kier alpha value is -1.36. The topological polar surface area (TPSA) is 36.9 Å². The molecule has 0 heterocycles. The summed E-state index contributed by atoms with van der Waals surface area (Å²) in [5.41, 5.74) is 1.15. The van der Waals surface area contributed by atoms with Gasteiger partial charge in [-0.25, -0.2) is 0 Å². The number of hydrogen-bond acceptors (Lipinski definition) is 4. The molecule has 0 unspecified atom stereocenters. The molecular weight excluding hydrogens is 388 g/mol. The van der Waals surface area contributed by atoms with Crippen molar-refractivity contribution in [2.45, 2.75) is 104 Å². The zero-order valence-electron chi connectivity index (χ0n) is 20.1. The van der Waals surface area contributed by atoms with Gasteiger partial charge in [-0.15, -0.1) is 0 Å². The van der Waals surface area contributed by atoms with Crippen LogP contribution in [0.2, 0.25) is 0 Å². The molecule has 0 saturated heterocycles. The third kappa shape index (κ3) is 18.0. The monoisotopic (exact) mass is 434 g/mol. The standard InChI is InChI=1S/C27H46O4/c1-3-5-7-9-15-22-30-27(31-23-16-10-8-6-4-2)20-14-17-21-28-25-29-24-26-18-12-11-13-19-26/h11-13,17-19,21,27H,3-10,14-16,20,22-25H2,1-2H3. The Balaban J connectivity index is 2.14. The van der Waals surface area contributed by atoms with Crippen molar-refractivity contribution in [2.24, 2.45) is 0 Å². The summed E-state index contributed by atoms with van der Waals surface area (Å²) < 4.78 is 23.0. The van der Waals surface area contributed by atoms with E-state index in [0.717, 1.165) is 44.5 Å². The van der Waals surface area contributed by atoms with Crippen LogP contribution in [0.4, 0.5) is 0 Å². The van der Waals surface area contributed by atoms with Crippen LogP contribution in [0, 0.1) is 0 Å². The third-order valence-corrected chi connectivity index (χ3v) is 5.13. The lowest BCUT2D eigenvalue weighted by Gasteiger charge is -2.18. The second kappa shape index (κ2) is 21.9. The minimum absolute atomic E-state index is 0.115. The van der Waals surface area contributed by atoms with Crippen LogP contribution in [0.5, 0.6) is 0 Å². The zero-order valence-corrected chi connectivity index (χ0v) is 20.1. The van der Waals surface area contributed by atoms with Crippen molar-refractivity contribution in [2.75, 3.05) is 20.0 Å². The first-order chi connectivity index (χ1) is 15.4. The van der Waals surface area contributed by atoms with Gasteiger partial charge in [-0.3, -0.25) is 0 Å². The van der Waals surface area contributed by atoms with Gasteiger partial charge in [0.05, 0.1) is 12.9 Å². The van der Waals surface area contributed by atoms with E-state index >= 15 is 0 Å². The van der Waals surface area contributed by atoms with Crippen molar-refractivity contribution in [1.29, 1.82) is 0 Å². The van der Waals surface area contributed by atoms with Gasteiger partial charge in [-0.05, 0) is 30.9 Å². The van der Waals surface area contributed by atoms with Crippen LogP contribution < -0.4 is 0 Å². The lowest BCUT2D eigenvalue weighted by molar-refractivity contribution is -0.146. The van der Waals surface area contributed by atoms with Crippen LogP contribution in [0.15, 0.2) is 42.7 Å². The van der Waals surface area contributed by atoms with Crippen LogP contribution in [0.1, 0.15) is 96.5 Å². The van der Waals surface area contributed by atoms with Crippen molar-refractivity contribution in [3.05, 3.63) is 48.2 Å². The summed E-state index contributed by atoms with van der Waals surface area (Å²) in [5, 5.41) is 0. The van der Waals surface area contributed by atoms with E-state index in [2.05, 4.69) is 13.8 Å². The molecule has 31 heavy (non-hydrogen) atoms. The molecule has 0 bridgehead atoms. The van der Waals surface area contributed by atoms with Gasteiger partial charge in [-0.2, -0.15) is 0 Å². The summed E-state index contributed by atoms with van der Waals surface area (Å²) in [7, 11) is 0. The molecule has 1 aromatic rings. The summed E-state index contributed by atoms with van der Waals surface area (Å²) in [5.74, 6) is 0. The van der Waals surface area contributed by atoms with E-state index in [1.807, 2.05) is 36.4 Å². The highest BCUT2D eigenvalue weighted by Gasteiger charge is 2.08. The first-order valence-electron chi connectivity index (χ1n) is 12.5. The van der Waals surface area contributed by atoms with Gasteiger partial charge in [0, 0.05) is 19.6 Å². The Morgan fingerprint density at radius 3 is 2.00 bits per heavy atom. The predicted octanol–water partition coefficient (Wildman–Crippen LogP) is 7.77. The molecule has 1 rings (SSSR count). The maximum Gasteiger partial charge on any atom is 0.188 e. The number of benzene rings is 1. The second-order valence-corrected chi connectivity index (χ2v) is 8.07. The van der Waals surface area contributed by atoms with Crippen LogP contribution >= 0.6 is 0 Å². The first kappa shape index (κ1) is 27.7. The average Bonchev–Trinajstić information content (AvgIpc) is 2.80. The molecule has 0 aliphatic carbocycles. The smallest absolute Gasteiger partial charge is 0.188 e. The molecule has 0 fully saturated rings. The van der Waals surface area contributed by atoms with E-state index in [1.54, 1.807) is 6.26 Å². The Bertz CT molecular complexity index is 487. The predicted molar refractivity (Wildman–Crippen MR) is 129 cm³/mol. The Kier molecular flexibility index (Phi) is 19.5. The van der Waals surface area contributed by atoms with E-state index in [0.29, 0.717) is 6.61 Å². The van der Waals surface area contributed by atoms with Gasteiger partial charge >= 0.3 is 0 Å². The number of unbranched alkanes of at least 4 members (excludes halogenated alkanes) is 8. The van der Waals surface area contributed by atoms with Gasteiger partial charge in [0.1, 0.15) is 0 Å². The van der Waals surface area contributed by atoms with Crippen molar-refractivity contribution in [3.63, 3.8) is 0 Å². The van der Waals surface area contributed by atoms with Crippen molar-refractivity contribution in [3.8, 4) is 0 Å². The minimum Gasteiger partial charge on any atom is -0.475 e. The normalized spacial score (nSPS) is 11.6. The number of rotatable bonds is 22. The van der Waals surface area contributed by atoms with E-state index in [9.17, 15) is 0 Å². The zero-order chi connectivity index (χ0) is 22.2. The summed E-state index contributed by atoms with van der Waals surface area (Å²) in [6.45, 7) is 6.89. The molecule has 0 spiro atoms. The summed E-state index contributed by atoms with van der Waals surface area (Å²) in [6.07, 6.45) is 17.9. The molecule has 0 aliphatic heterocycles. The molecular formula is C27H46O4. The molecule has 0 saturated carbocycles. The summed E-state index contributed by atoms with van der Waals surface area (Å²) in [4.78, 5) is 0. The number of hydrogen-bond donors (Lipinski definition) is 0. The lowest BCUT2D eigenvalue weighted by Crippen LogP contribution is -2.18. The fourth-order valence-electron chi connectivity index (χ4n) is 3.25. The molecule has 0 aromatic heterocycles. The van der Waals surface area contributed by atoms with E-state index in [4.69, 9.17) is 18.9 Å². The second-order valence-electron chi connectivity index (χ2n) is 8.07. The molecule has 178 valence electrons. The average molecular weight is 435 g/mol. The molecule has 4 nitrogen and oxygen atoms in total.